The number of hydrogen-bond acceptors (Lipinski definition) is 2. The number of hydrogen-bond donors (Lipinski definition) is 0. The van der Waals surface area contributed by atoms with E-state index in [1.807, 2.05) is 56.3 Å². The number of benzene rings is 2. The van der Waals surface area contributed by atoms with Gasteiger partial charge in [0.15, 0.2) is 5.78 Å². The average Bonchev–Trinajstić information content (AvgIpc) is 2.53. The third-order valence-corrected chi connectivity index (χ3v) is 3.83. The van der Waals surface area contributed by atoms with Crippen molar-refractivity contribution in [3.63, 3.8) is 0 Å². The molecule has 0 spiro atoms. The molecule has 0 atom stereocenters. The predicted octanol–water partition coefficient (Wildman–Crippen LogP) is 4.75. The lowest BCUT2D eigenvalue weighted by atomic mass is 9.92. The third-order valence-electron chi connectivity index (χ3n) is 3.83. The highest BCUT2D eigenvalue weighted by Crippen LogP contribution is 2.20. The van der Waals surface area contributed by atoms with Gasteiger partial charge in [0.25, 0.3) is 0 Å². The molecule has 0 N–H and O–H groups in total. The fraction of sp³-hybridized carbons (Fsp3) is 0.263. The summed E-state index contributed by atoms with van der Waals surface area (Å²) >= 11 is 0. The van der Waals surface area contributed by atoms with Crippen molar-refractivity contribution in [3.05, 3.63) is 53.6 Å². The van der Waals surface area contributed by atoms with Gasteiger partial charge in [-0.15, -0.1) is 0 Å². The maximum Gasteiger partial charge on any atom is 0.176 e. The van der Waals surface area contributed by atoms with Gasteiger partial charge in [-0.1, -0.05) is 50.2 Å². The summed E-state index contributed by atoms with van der Waals surface area (Å²) in [6.07, 6.45) is 3.24. The van der Waals surface area contributed by atoms with E-state index in [1.165, 1.54) is 0 Å². The number of allylic oxidation sites excluding steroid dienone is 1. The molecule has 0 aromatic heterocycles. The summed E-state index contributed by atoms with van der Waals surface area (Å²) in [6.45, 7) is 3.97. The van der Waals surface area contributed by atoms with E-state index in [4.69, 9.17) is 0 Å². The fourth-order valence-electron chi connectivity index (χ4n) is 2.50. The van der Waals surface area contributed by atoms with Crippen molar-refractivity contribution in [1.82, 2.24) is 0 Å². The molecule has 2 rings (SSSR count). The Morgan fingerprint density at radius 3 is 2.43 bits per heavy atom. The van der Waals surface area contributed by atoms with Crippen molar-refractivity contribution in [2.24, 2.45) is 5.92 Å². The van der Waals surface area contributed by atoms with Crippen molar-refractivity contribution >= 4 is 22.6 Å². The lowest BCUT2D eigenvalue weighted by Gasteiger charge is -2.09. The first-order chi connectivity index (χ1) is 10.2. The lowest BCUT2D eigenvalue weighted by molar-refractivity contribution is -0.118. The van der Waals surface area contributed by atoms with Gasteiger partial charge >= 0.3 is 0 Å². The molecule has 0 fully saturated rings. The number of nitrogens with zero attached hydrogens (tertiary/aromatic N) is 1. The molecule has 0 saturated heterocycles. The summed E-state index contributed by atoms with van der Waals surface area (Å²) in [6, 6.07) is 16.1. The molecule has 21 heavy (non-hydrogen) atoms. The van der Waals surface area contributed by atoms with E-state index in [9.17, 15) is 10.1 Å². The highest BCUT2D eigenvalue weighted by molar-refractivity contribution is 6.04. The topological polar surface area (TPSA) is 40.9 Å². The molecule has 0 heterocycles. The van der Waals surface area contributed by atoms with Crippen LogP contribution in [0.5, 0.6) is 0 Å². The Morgan fingerprint density at radius 2 is 1.81 bits per heavy atom. The first-order valence-electron chi connectivity index (χ1n) is 7.34. The summed E-state index contributed by atoms with van der Waals surface area (Å²) < 4.78 is 0. The zero-order valence-corrected chi connectivity index (χ0v) is 12.5. The van der Waals surface area contributed by atoms with Gasteiger partial charge in [0.1, 0.15) is 6.07 Å². The normalized spacial score (nSPS) is 11.6. The van der Waals surface area contributed by atoms with Crippen LogP contribution in [0.15, 0.2) is 48.0 Å². The number of carbonyl (C=O) groups excluding carboxylic acids is 1. The number of fused-ring (bicyclic) bond motifs is 1. The van der Waals surface area contributed by atoms with E-state index in [0.717, 1.165) is 29.2 Å². The minimum absolute atomic E-state index is 0.0457. The van der Waals surface area contributed by atoms with E-state index in [0.29, 0.717) is 0 Å². The van der Waals surface area contributed by atoms with E-state index in [1.54, 1.807) is 6.08 Å². The van der Waals surface area contributed by atoms with Gasteiger partial charge in [0, 0.05) is 5.92 Å². The molecule has 0 unspecified atom stereocenters. The second-order valence-corrected chi connectivity index (χ2v) is 5.15. The van der Waals surface area contributed by atoms with Gasteiger partial charge in [0.05, 0.1) is 5.57 Å². The molecule has 0 aliphatic rings. The van der Waals surface area contributed by atoms with Crippen molar-refractivity contribution < 1.29 is 4.79 Å². The summed E-state index contributed by atoms with van der Waals surface area (Å²) in [5.41, 5.74) is 1.14. The zero-order valence-electron chi connectivity index (χ0n) is 12.5. The monoisotopic (exact) mass is 277 g/mol. The molecule has 2 nitrogen and oxygen atoms in total. The molecule has 2 aromatic carbocycles. The minimum atomic E-state index is -0.0589. The lowest BCUT2D eigenvalue weighted by Crippen LogP contribution is -2.14. The standard InChI is InChI=1S/C19H19NO/c1-3-15(4-2)19(21)18(13-20)12-14-9-10-16-7-5-6-8-17(16)11-14/h5-12,15H,3-4H2,1-2H3/b18-12-. The smallest absolute Gasteiger partial charge is 0.176 e. The second kappa shape index (κ2) is 6.85. The van der Waals surface area contributed by atoms with Crippen molar-refractivity contribution in [2.45, 2.75) is 26.7 Å². The highest BCUT2D eigenvalue weighted by Gasteiger charge is 2.18. The van der Waals surface area contributed by atoms with Crippen molar-refractivity contribution in [1.29, 1.82) is 5.26 Å². The molecule has 0 bridgehead atoms. The van der Waals surface area contributed by atoms with Crippen LogP contribution >= 0.6 is 0 Å². The van der Waals surface area contributed by atoms with Crippen LogP contribution < -0.4 is 0 Å². The van der Waals surface area contributed by atoms with Gasteiger partial charge in [-0.3, -0.25) is 4.79 Å². The van der Waals surface area contributed by atoms with Gasteiger partial charge < -0.3 is 0 Å². The summed E-state index contributed by atoms with van der Waals surface area (Å²) in [5, 5.41) is 11.5. The average molecular weight is 277 g/mol. The number of rotatable bonds is 5. The maximum atomic E-state index is 12.3. The van der Waals surface area contributed by atoms with Crippen LogP contribution in [0.1, 0.15) is 32.3 Å². The Hall–Kier alpha value is -2.40. The molecule has 2 heteroatoms. The molecule has 2 aromatic rings. The SMILES string of the molecule is CCC(CC)C(=O)/C(C#N)=C\c1ccc2ccccc2c1. The molecule has 0 radical (unpaired) electrons. The van der Waals surface area contributed by atoms with Gasteiger partial charge in [-0.2, -0.15) is 5.26 Å². The zero-order chi connectivity index (χ0) is 15.2. The quantitative estimate of drug-likeness (QED) is 0.584. The number of ketones is 1. The molecule has 0 aliphatic carbocycles. The van der Waals surface area contributed by atoms with Gasteiger partial charge in [-0.05, 0) is 41.3 Å². The number of nitriles is 1. The highest BCUT2D eigenvalue weighted by atomic mass is 16.1. The molecule has 106 valence electrons. The van der Waals surface area contributed by atoms with E-state index in [-0.39, 0.29) is 17.3 Å². The Labute approximate surface area is 125 Å². The van der Waals surface area contributed by atoms with Crippen LogP contribution in [0.25, 0.3) is 16.8 Å². The van der Waals surface area contributed by atoms with E-state index in [2.05, 4.69) is 6.07 Å². The minimum Gasteiger partial charge on any atom is -0.293 e. The fourth-order valence-corrected chi connectivity index (χ4v) is 2.50. The number of carbonyl (C=O) groups is 1. The summed E-state index contributed by atoms with van der Waals surface area (Å²) in [4.78, 5) is 12.3. The Balaban J connectivity index is 2.38. The van der Waals surface area contributed by atoms with Crippen molar-refractivity contribution in [3.8, 4) is 6.07 Å². The first kappa shape index (κ1) is 15.0. The molecular weight excluding hydrogens is 258 g/mol. The van der Waals surface area contributed by atoms with E-state index < -0.39 is 0 Å². The molecule has 0 amide bonds. The number of Topliss-reactive ketones (excluding diaryl/α,β-unsaturated/α-hetero) is 1. The van der Waals surface area contributed by atoms with E-state index >= 15 is 0 Å². The van der Waals surface area contributed by atoms with Crippen molar-refractivity contribution in [2.75, 3.05) is 0 Å². The van der Waals surface area contributed by atoms with Gasteiger partial charge in [-0.25, -0.2) is 0 Å². The van der Waals surface area contributed by atoms with Crippen LogP contribution in [-0.2, 0) is 4.79 Å². The Bertz CT molecular complexity index is 718. The van der Waals surface area contributed by atoms with Crippen LogP contribution in [0.2, 0.25) is 0 Å². The first-order valence-corrected chi connectivity index (χ1v) is 7.34. The van der Waals surface area contributed by atoms with Crippen LogP contribution in [0.4, 0.5) is 0 Å². The Kier molecular flexibility index (Phi) is 4.90. The predicted molar refractivity (Wildman–Crippen MR) is 86.6 cm³/mol. The molecule has 0 aliphatic heterocycles. The third kappa shape index (κ3) is 3.38. The summed E-state index contributed by atoms with van der Waals surface area (Å²) in [7, 11) is 0. The Morgan fingerprint density at radius 1 is 1.14 bits per heavy atom. The molecular formula is C19H19NO. The maximum absolute atomic E-state index is 12.3. The molecule has 0 saturated carbocycles. The van der Waals surface area contributed by atoms with Crippen LogP contribution in [-0.4, -0.2) is 5.78 Å². The largest absolute Gasteiger partial charge is 0.293 e. The van der Waals surface area contributed by atoms with Gasteiger partial charge in [0.2, 0.25) is 0 Å². The van der Waals surface area contributed by atoms with Crippen LogP contribution in [0.3, 0.4) is 0 Å². The summed E-state index contributed by atoms with van der Waals surface area (Å²) in [5.74, 6) is -0.105. The second-order valence-electron chi connectivity index (χ2n) is 5.15. The van der Waals surface area contributed by atoms with Crippen LogP contribution in [0, 0.1) is 17.2 Å².